The number of nitrogens with one attached hydrogen (secondary N) is 1. The predicted octanol–water partition coefficient (Wildman–Crippen LogP) is 3.80. The molecule has 4 saturated heterocycles. The Morgan fingerprint density at radius 1 is 0.978 bits per heavy atom. The van der Waals surface area contributed by atoms with Gasteiger partial charge < -0.3 is 19.3 Å². The minimum absolute atomic E-state index is 0.0639. The number of hydrogen-bond acceptors (Lipinski definition) is 8. The number of benzene rings is 2. The number of rotatable bonds is 6. The molecule has 10 nitrogen and oxygen atoms in total. The summed E-state index contributed by atoms with van der Waals surface area (Å²) >= 11 is 0. The number of likely N-dealkylation sites (tertiary alicyclic amines) is 1. The van der Waals surface area contributed by atoms with Crippen molar-refractivity contribution < 1.29 is 23.9 Å². The van der Waals surface area contributed by atoms with E-state index < -0.39 is 11.9 Å². The molecular formula is C35H39N5O5. The van der Waals surface area contributed by atoms with Crippen LogP contribution in [-0.4, -0.2) is 83.0 Å². The SMILES string of the molecule is O=C1CCC(N2Cc3cc(O[C@H]4CCN(Cc5ccc6nc(N7CCCC78CCOCC8)ccc6c5)C4)ccc3C2=O)C(=O)N1. The number of fused-ring (bicyclic) bond motifs is 2. The van der Waals surface area contributed by atoms with Crippen molar-refractivity contribution >= 4 is 34.4 Å². The van der Waals surface area contributed by atoms with Crippen molar-refractivity contribution in [2.45, 2.75) is 75.7 Å². The van der Waals surface area contributed by atoms with Gasteiger partial charge in [0.15, 0.2) is 0 Å². The largest absolute Gasteiger partial charge is 0.489 e. The fourth-order valence-electron chi connectivity index (χ4n) is 8.09. The Bertz CT molecular complexity index is 1670. The minimum Gasteiger partial charge on any atom is -0.489 e. The Hall–Kier alpha value is -4.02. The maximum absolute atomic E-state index is 13.0. The third-order valence-corrected chi connectivity index (χ3v) is 10.5. The molecule has 0 aliphatic carbocycles. The van der Waals surface area contributed by atoms with Gasteiger partial charge in [-0.2, -0.15) is 0 Å². The van der Waals surface area contributed by atoms with E-state index in [1.165, 1.54) is 23.8 Å². The number of nitrogens with zero attached hydrogens (tertiary/aromatic N) is 4. The molecule has 3 amide bonds. The van der Waals surface area contributed by atoms with Crippen molar-refractivity contribution in [1.82, 2.24) is 20.1 Å². The normalized spacial score (nSPS) is 24.9. The average Bonchev–Trinajstić information content (AvgIpc) is 3.74. The number of imide groups is 1. The van der Waals surface area contributed by atoms with Crippen molar-refractivity contribution in [3.05, 3.63) is 65.2 Å². The number of hydrogen-bond donors (Lipinski definition) is 1. The van der Waals surface area contributed by atoms with Crippen molar-refractivity contribution in [3.8, 4) is 5.75 Å². The van der Waals surface area contributed by atoms with Gasteiger partial charge in [-0.05, 0) is 92.1 Å². The summed E-state index contributed by atoms with van der Waals surface area (Å²) in [6.07, 6.45) is 6.21. The van der Waals surface area contributed by atoms with Gasteiger partial charge in [0.05, 0.1) is 5.52 Å². The zero-order valence-electron chi connectivity index (χ0n) is 25.5. The van der Waals surface area contributed by atoms with Gasteiger partial charge in [0.2, 0.25) is 11.8 Å². The molecule has 1 unspecified atom stereocenters. The highest BCUT2D eigenvalue weighted by atomic mass is 16.5. The van der Waals surface area contributed by atoms with Crippen LogP contribution in [0.3, 0.4) is 0 Å². The topological polar surface area (TPSA) is 104 Å². The quantitative estimate of drug-likeness (QED) is 0.421. The van der Waals surface area contributed by atoms with E-state index in [2.05, 4.69) is 45.4 Å². The van der Waals surface area contributed by atoms with Crippen LogP contribution in [0.15, 0.2) is 48.5 Å². The van der Waals surface area contributed by atoms with E-state index in [9.17, 15) is 14.4 Å². The van der Waals surface area contributed by atoms with Gasteiger partial charge in [-0.1, -0.05) is 6.07 Å². The van der Waals surface area contributed by atoms with Gasteiger partial charge in [-0.3, -0.25) is 24.6 Å². The molecule has 3 aromatic rings. The van der Waals surface area contributed by atoms with E-state index in [0.717, 1.165) is 81.3 Å². The summed E-state index contributed by atoms with van der Waals surface area (Å²) in [7, 11) is 0. The van der Waals surface area contributed by atoms with Gasteiger partial charge in [0.1, 0.15) is 23.7 Å². The molecule has 0 radical (unpaired) electrons. The molecule has 0 bridgehead atoms. The molecule has 1 N–H and O–H groups in total. The van der Waals surface area contributed by atoms with E-state index in [0.29, 0.717) is 18.5 Å². The fourth-order valence-corrected chi connectivity index (χ4v) is 8.09. The average molecular weight is 610 g/mol. The molecule has 45 heavy (non-hydrogen) atoms. The van der Waals surface area contributed by atoms with Gasteiger partial charge in [-0.15, -0.1) is 0 Å². The van der Waals surface area contributed by atoms with Gasteiger partial charge in [0, 0.05) is 68.8 Å². The van der Waals surface area contributed by atoms with Crippen molar-refractivity contribution in [2.75, 3.05) is 37.7 Å². The van der Waals surface area contributed by atoms with Crippen LogP contribution in [0.1, 0.15) is 66.4 Å². The lowest BCUT2D eigenvalue weighted by Crippen LogP contribution is -2.52. The Morgan fingerprint density at radius 3 is 2.73 bits per heavy atom. The van der Waals surface area contributed by atoms with E-state index in [1.807, 2.05) is 12.1 Å². The first-order valence-electron chi connectivity index (χ1n) is 16.4. The fraction of sp³-hybridized carbons (Fsp3) is 0.486. The number of pyridine rings is 1. The van der Waals surface area contributed by atoms with E-state index >= 15 is 0 Å². The smallest absolute Gasteiger partial charge is 0.255 e. The predicted molar refractivity (Wildman–Crippen MR) is 168 cm³/mol. The molecule has 0 saturated carbocycles. The first kappa shape index (κ1) is 28.5. The van der Waals surface area contributed by atoms with Crippen LogP contribution in [0.2, 0.25) is 0 Å². The summed E-state index contributed by atoms with van der Waals surface area (Å²) < 4.78 is 12.1. The summed E-state index contributed by atoms with van der Waals surface area (Å²) in [5, 5.41) is 3.53. The van der Waals surface area contributed by atoms with Crippen LogP contribution in [0, 0.1) is 0 Å². The summed E-state index contributed by atoms with van der Waals surface area (Å²) in [5.74, 6) is 0.988. The van der Waals surface area contributed by atoms with Crippen molar-refractivity contribution in [1.29, 1.82) is 0 Å². The zero-order chi connectivity index (χ0) is 30.5. The minimum atomic E-state index is -0.613. The highest BCUT2D eigenvalue weighted by molar-refractivity contribution is 6.05. The first-order chi connectivity index (χ1) is 21.9. The van der Waals surface area contributed by atoms with Crippen molar-refractivity contribution in [3.63, 3.8) is 0 Å². The summed E-state index contributed by atoms with van der Waals surface area (Å²) in [4.78, 5) is 48.6. The van der Waals surface area contributed by atoms with Gasteiger partial charge >= 0.3 is 0 Å². The summed E-state index contributed by atoms with van der Waals surface area (Å²) in [5.41, 5.74) is 3.98. The number of carbonyl (C=O) groups excluding carboxylic acids is 3. The Labute approximate surface area is 262 Å². The van der Waals surface area contributed by atoms with Crippen LogP contribution in [-0.2, 0) is 27.4 Å². The van der Waals surface area contributed by atoms with Crippen LogP contribution >= 0.6 is 0 Å². The lowest BCUT2D eigenvalue weighted by Gasteiger charge is -2.42. The molecule has 8 rings (SSSR count). The third kappa shape index (κ3) is 5.33. The Kier molecular flexibility index (Phi) is 7.21. The maximum Gasteiger partial charge on any atom is 0.255 e. The number of anilines is 1. The molecular weight excluding hydrogens is 570 g/mol. The molecule has 2 aromatic carbocycles. The summed E-state index contributed by atoms with van der Waals surface area (Å²) in [6, 6.07) is 16.0. The van der Waals surface area contributed by atoms with Crippen LogP contribution in [0.25, 0.3) is 10.9 Å². The van der Waals surface area contributed by atoms with Crippen molar-refractivity contribution in [2.24, 2.45) is 0 Å². The summed E-state index contributed by atoms with van der Waals surface area (Å²) in [6.45, 7) is 5.73. The van der Waals surface area contributed by atoms with Gasteiger partial charge in [-0.25, -0.2) is 4.98 Å². The monoisotopic (exact) mass is 609 g/mol. The number of carbonyl (C=O) groups is 3. The number of amides is 3. The molecule has 5 aliphatic heterocycles. The molecule has 2 atom stereocenters. The highest BCUT2D eigenvalue weighted by Crippen LogP contribution is 2.41. The van der Waals surface area contributed by atoms with Gasteiger partial charge in [0.25, 0.3) is 5.91 Å². The molecule has 4 fully saturated rings. The number of piperidine rings is 1. The van der Waals surface area contributed by atoms with Crippen LogP contribution < -0.4 is 15.0 Å². The van der Waals surface area contributed by atoms with E-state index in [-0.39, 0.29) is 29.9 Å². The lowest BCUT2D eigenvalue weighted by molar-refractivity contribution is -0.136. The second-order valence-electron chi connectivity index (χ2n) is 13.3. The van der Waals surface area contributed by atoms with Crippen LogP contribution in [0.4, 0.5) is 5.82 Å². The first-order valence-corrected chi connectivity index (χ1v) is 16.4. The number of ether oxygens (including phenoxy) is 2. The third-order valence-electron chi connectivity index (χ3n) is 10.5. The Balaban J connectivity index is 0.888. The molecule has 10 heteroatoms. The lowest BCUT2D eigenvalue weighted by atomic mass is 9.87. The molecule has 5 aliphatic rings. The molecule has 6 heterocycles. The molecule has 1 spiro atoms. The van der Waals surface area contributed by atoms with E-state index in [1.54, 1.807) is 11.0 Å². The Morgan fingerprint density at radius 2 is 1.87 bits per heavy atom. The second-order valence-corrected chi connectivity index (χ2v) is 13.3. The zero-order valence-corrected chi connectivity index (χ0v) is 25.5. The number of aromatic nitrogens is 1. The molecule has 1 aromatic heterocycles. The standard InChI is InChI=1S/C35H39N5O5/c41-32-9-7-30(33(42)37-32)39-21-25-19-26(4-5-28(25)34(39)43)45-27-10-15-38(22-27)20-23-2-6-29-24(18-23)3-8-31(36-29)40-14-1-11-35(40)12-16-44-17-13-35/h2-6,8,18-19,27,30H,1,7,9-17,20-22H2,(H,37,41,42)/t27-,30?/m0/s1. The molecule has 234 valence electrons. The second kappa shape index (κ2) is 11.4. The highest BCUT2D eigenvalue weighted by Gasteiger charge is 2.43. The maximum atomic E-state index is 13.0. The van der Waals surface area contributed by atoms with E-state index in [4.69, 9.17) is 14.5 Å². The van der Waals surface area contributed by atoms with Crippen LogP contribution in [0.5, 0.6) is 5.75 Å².